The number of furan rings is 1. The largest absolute Gasteiger partial charge is 0.468 e. The van der Waals surface area contributed by atoms with Crippen LogP contribution in [0.4, 0.5) is 0 Å². The molecule has 0 spiro atoms. The summed E-state index contributed by atoms with van der Waals surface area (Å²) in [5.74, 6) is 0.938. The van der Waals surface area contributed by atoms with E-state index in [2.05, 4.69) is 25.2 Å². The van der Waals surface area contributed by atoms with Crippen molar-refractivity contribution in [2.45, 2.75) is 43.1 Å². The highest BCUT2D eigenvalue weighted by molar-refractivity contribution is 7.99. The van der Waals surface area contributed by atoms with E-state index in [-0.39, 0.29) is 0 Å². The van der Waals surface area contributed by atoms with Crippen LogP contribution < -0.4 is 5.32 Å². The number of rotatable bonds is 5. The fourth-order valence-electron chi connectivity index (χ4n) is 1.68. The van der Waals surface area contributed by atoms with Crippen molar-refractivity contribution in [3.63, 3.8) is 0 Å². The highest BCUT2D eigenvalue weighted by atomic mass is 35.5. The minimum absolute atomic E-state index is 0.462. The quantitative estimate of drug-likeness (QED) is 0.850. The van der Waals surface area contributed by atoms with Gasteiger partial charge in [-0.05, 0) is 30.7 Å². The van der Waals surface area contributed by atoms with E-state index < -0.39 is 0 Å². The number of halogens is 1. The molecular weight excluding hydrogens is 278 g/mol. The Balaban J connectivity index is 2.22. The molecule has 1 N–H and O–H groups in total. The Labute approximate surface area is 123 Å². The maximum Gasteiger partial charge on any atom is 0.114 e. The fourth-order valence-corrected chi connectivity index (χ4v) is 2.93. The summed E-state index contributed by atoms with van der Waals surface area (Å²) in [5, 5.41) is 4.20. The molecule has 0 saturated carbocycles. The second-order valence-electron chi connectivity index (χ2n) is 4.73. The van der Waals surface area contributed by atoms with Gasteiger partial charge in [-0.1, -0.05) is 43.3 Å². The molecule has 2 aromatic rings. The van der Waals surface area contributed by atoms with Gasteiger partial charge in [0.1, 0.15) is 5.76 Å². The van der Waals surface area contributed by atoms with Gasteiger partial charge in [0, 0.05) is 22.5 Å². The predicted octanol–water partition coefficient (Wildman–Crippen LogP) is 4.89. The van der Waals surface area contributed by atoms with Crippen molar-refractivity contribution in [2.24, 2.45) is 0 Å². The first kappa shape index (κ1) is 14.5. The van der Waals surface area contributed by atoms with Crippen LogP contribution in [-0.2, 0) is 6.54 Å². The van der Waals surface area contributed by atoms with Crippen LogP contribution >= 0.6 is 23.4 Å². The first-order valence-electron chi connectivity index (χ1n) is 6.30. The fraction of sp³-hybridized carbons (Fsp3) is 0.333. The maximum absolute atomic E-state index is 6.10. The van der Waals surface area contributed by atoms with E-state index in [0.29, 0.717) is 6.04 Å². The zero-order chi connectivity index (χ0) is 13.8. The Morgan fingerprint density at radius 2 is 2.05 bits per heavy atom. The standard InChI is InChI=1S/C15H18ClNOS/c1-10(2)17-9-12-4-5-13(16)8-15(12)19-14-6-7-18-11(14)3/h4-8,10,17H,9H2,1-3H3. The second kappa shape index (κ2) is 6.51. The number of benzene rings is 1. The summed E-state index contributed by atoms with van der Waals surface area (Å²) < 4.78 is 5.34. The molecule has 0 amide bonds. The topological polar surface area (TPSA) is 25.2 Å². The summed E-state index contributed by atoms with van der Waals surface area (Å²) in [6, 6.07) is 8.47. The van der Waals surface area contributed by atoms with E-state index in [4.69, 9.17) is 16.0 Å². The van der Waals surface area contributed by atoms with Gasteiger partial charge in [-0.15, -0.1) is 0 Å². The van der Waals surface area contributed by atoms with Crippen molar-refractivity contribution >= 4 is 23.4 Å². The predicted molar refractivity (Wildman–Crippen MR) is 81.0 cm³/mol. The number of nitrogens with one attached hydrogen (secondary N) is 1. The average Bonchev–Trinajstić information content (AvgIpc) is 2.74. The molecular formula is C15H18ClNOS. The molecule has 0 aliphatic rings. The molecule has 0 radical (unpaired) electrons. The van der Waals surface area contributed by atoms with Crippen LogP contribution in [0.25, 0.3) is 0 Å². The SMILES string of the molecule is Cc1occc1Sc1cc(Cl)ccc1CNC(C)C. The van der Waals surface area contributed by atoms with Gasteiger partial charge in [-0.3, -0.25) is 0 Å². The highest BCUT2D eigenvalue weighted by Gasteiger charge is 2.09. The van der Waals surface area contributed by atoms with Crippen molar-refractivity contribution in [3.8, 4) is 0 Å². The first-order valence-corrected chi connectivity index (χ1v) is 7.49. The maximum atomic E-state index is 6.10. The summed E-state index contributed by atoms with van der Waals surface area (Å²) in [6.45, 7) is 7.10. The van der Waals surface area contributed by atoms with E-state index >= 15 is 0 Å². The van der Waals surface area contributed by atoms with Gasteiger partial charge in [-0.2, -0.15) is 0 Å². The number of aryl methyl sites for hydroxylation is 1. The Hall–Kier alpha value is -0.900. The van der Waals surface area contributed by atoms with E-state index in [1.165, 1.54) is 10.5 Å². The number of hydrogen-bond donors (Lipinski definition) is 1. The molecule has 0 aliphatic heterocycles. The van der Waals surface area contributed by atoms with Crippen molar-refractivity contribution in [2.75, 3.05) is 0 Å². The number of hydrogen-bond acceptors (Lipinski definition) is 3. The van der Waals surface area contributed by atoms with Crippen LogP contribution in [0.1, 0.15) is 25.2 Å². The Kier molecular flexibility index (Phi) is 4.97. The third-order valence-corrected chi connectivity index (χ3v) is 4.24. The van der Waals surface area contributed by atoms with Gasteiger partial charge < -0.3 is 9.73 Å². The Morgan fingerprint density at radius 3 is 2.68 bits per heavy atom. The Morgan fingerprint density at radius 1 is 1.26 bits per heavy atom. The molecule has 0 atom stereocenters. The molecule has 102 valence electrons. The van der Waals surface area contributed by atoms with Crippen LogP contribution in [0.3, 0.4) is 0 Å². The lowest BCUT2D eigenvalue weighted by Gasteiger charge is -2.12. The van der Waals surface area contributed by atoms with Crippen molar-refractivity contribution < 1.29 is 4.42 Å². The van der Waals surface area contributed by atoms with Crippen LogP contribution in [0.5, 0.6) is 0 Å². The third kappa shape index (κ3) is 4.03. The second-order valence-corrected chi connectivity index (χ2v) is 6.25. The summed E-state index contributed by atoms with van der Waals surface area (Å²) in [6.07, 6.45) is 1.72. The Bertz CT molecular complexity index is 551. The summed E-state index contributed by atoms with van der Waals surface area (Å²) >= 11 is 7.80. The lowest BCUT2D eigenvalue weighted by atomic mass is 10.2. The lowest BCUT2D eigenvalue weighted by molar-refractivity contribution is 0.527. The third-order valence-electron chi connectivity index (χ3n) is 2.76. The minimum Gasteiger partial charge on any atom is -0.468 e. The monoisotopic (exact) mass is 295 g/mol. The molecule has 0 bridgehead atoms. The molecule has 1 aromatic heterocycles. The normalized spacial score (nSPS) is 11.2. The minimum atomic E-state index is 0.462. The van der Waals surface area contributed by atoms with Crippen molar-refractivity contribution in [1.29, 1.82) is 0 Å². The molecule has 19 heavy (non-hydrogen) atoms. The van der Waals surface area contributed by atoms with Gasteiger partial charge in [0.05, 0.1) is 11.2 Å². The van der Waals surface area contributed by atoms with E-state index in [0.717, 1.165) is 22.2 Å². The molecule has 1 aromatic carbocycles. The van der Waals surface area contributed by atoms with Crippen LogP contribution in [-0.4, -0.2) is 6.04 Å². The van der Waals surface area contributed by atoms with Crippen molar-refractivity contribution in [3.05, 3.63) is 46.9 Å². The molecule has 2 rings (SSSR count). The van der Waals surface area contributed by atoms with E-state index in [1.807, 2.05) is 25.1 Å². The van der Waals surface area contributed by atoms with Crippen LogP contribution in [0, 0.1) is 6.92 Å². The summed E-state index contributed by atoms with van der Waals surface area (Å²) in [5.41, 5.74) is 1.25. The first-order chi connectivity index (χ1) is 9.06. The smallest absolute Gasteiger partial charge is 0.114 e. The van der Waals surface area contributed by atoms with E-state index in [9.17, 15) is 0 Å². The molecule has 2 nitrogen and oxygen atoms in total. The molecule has 0 fully saturated rings. The van der Waals surface area contributed by atoms with Gasteiger partial charge in [0.2, 0.25) is 0 Å². The van der Waals surface area contributed by atoms with Crippen LogP contribution in [0.15, 0.2) is 44.7 Å². The van der Waals surface area contributed by atoms with Crippen LogP contribution in [0.2, 0.25) is 5.02 Å². The highest BCUT2D eigenvalue weighted by Crippen LogP contribution is 2.34. The molecule has 0 saturated heterocycles. The lowest BCUT2D eigenvalue weighted by Crippen LogP contribution is -2.22. The van der Waals surface area contributed by atoms with Gasteiger partial charge in [-0.25, -0.2) is 0 Å². The molecule has 0 aliphatic carbocycles. The zero-order valence-corrected chi connectivity index (χ0v) is 12.9. The van der Waals surface area contributed by atoms with Crippen molar-refractivity contribution in [1.82, 2.24) is 5.32 Å². The summed E-state index contributed by atoms with van der Waals surface area (Å²) in [7, 11) is 0. The average molecular weight is 296 g/mol. The zero-order valence-electron chi connectivity index (χ0n) is 11.4. The van der Waals surface area contributed by atoms with E-state index in [1.54, 1.807) is 18.0 Å². The van der Waals surface area contributed by atoms with Gasteiger partial charge in [0.15, 0.2) is 0 Å². The summed E-state index contributed by atoms with van der Waals surface area (Å²) in [4.78, 5) is 2.30. The molecule has 1 heterocycles. The molecule has 0 unspecified atom stereocenters. The van der Waals surface area contributed by atoms with Gasteiger partial charge in [0.25, 0.3) is 0 Å². The molecule has 4 heteroatoms. The van der Waals surface area contributed by atoms with Gasteiger partial charge >= 0.3 is 0 Å².